The molecule has 2 unspecified atom stereocenters. The largest absolute Gasteiger partial charge is 0.389 e. The number of nitrogens with two attached hydrogens (primary N) is 1. The van der Waals surface area contributed by atoms with Crippen LogP contribution in [0, 0.1) is 5.92 Å². The second-order valence-corrected chi connectivity index (χ2v) is 5.47. The third kappa shape index (κ3) is 4.09. The topological polar surface area (TPSA) is 49.5 Å². The molecule has 0 spiro atoms. The van der Waals surface area contributed by atoms with Crippen LogP contribution in [-0.2, 0) is 0 Å². The van der Waals surface area contributed by atoms with Gasteiger partial charge >= 0.3 is 0 Å². The lowest BCUT2D eigenvalue weighted by Crippen LogP contribution is -2.51. The van der Waals surface area contributed by atoms with E-state index in [1.165, 1.54) is 19.3 Å². The van der Waals surface area contributed by atoms with Crippen molar-refractivity contribution >= 4 is 0 Å². The highest BCUT2D eigenvalue weighted by atomic mass is 16.3. The van der Waals surface area contributed by atoms with Crippen LogP contribution in [0.3, 0.4) is 0 Å². The van der Waals surface area contributed by atoms with Gasteiger partial charge in [0, 0.05) is 19.1 Å². The maximum absolute atomic E-state index is 9.82. The summed E-state index contributed by atoms with van der Waals surface area (Å²) < 4.78 is 0. The third-order valence-electron chi connectivity index (χ3n) is 3.39. The van der Waals surface area contributed by atoms with Crippen LogP contribution in [0.15, 0.2) is 0 Å². The van der Waals surface area contributed by atoms with Gasteiger partial charge in [0.15, 0.2) is 0 Å². The van der Waals surface area contributed by atoms with E-state index in [4.69, 9.17) is 5.73 Å². The number of hydrogen-bond acceptors (Lipinski definition) is 3. The second-order valence-electron chi connectivity index (χ2n) is 5.47. The molecule has 3 heteroatoms. The van der Waals surface area contributed by atoms with E-state index in [0.29, 0.717) is 12.6 Å². The molecule has 1 aliphatic rings. The first-order valence-electron chi connectivity index (χ1n) is 6.12. The van der Waals surface area contributed by atoms with Crippen LogP contribution in [0.4, 0.5) is 0 Å². The number of aliphatic hydroxyl groups is 1. The molecular formula is C12H26N2O. The van der Waals surface area contributed by atoms with Crippen LogP contribution in [0.1, 0.15) is 40.0 Å². The van der Waals surface area contributed by atoms with Gasteiger partial charge in [0.25, 0.3) is 0 Å². The fourth-order valence-corrected chi connectivity index (χ4v) is 2.50. The van der Waals surface area contributed by atoms with Crippen LogP contribution in [0.2, 0.25) is 0 Å². The highest BCUT2D eigenvalue weighted by molar-refractivity contribution is 4.85. The van der Waals surface area contributed by atoms with Crippen molar-refractivity contribution in [1.82, 2.24) is 4.90 Å². The molecule has 1 saturated heterocycles. The SMILES string of the molecule is CCC1CCN(CC(C)(C)O)C(CN)C1. The highest BCUT2D eigenvalue weighted by Gasteiger charge is 2.29. The third-order valence-corrected chi connectivity index (χ3v) is 3.39. The standard InChI is InChI=1S/C12H26N2O/c1-4-10-5-6-14(9-12(2,3)15)11(7-10)8-13/h10-11,15H,4-9,13H2,1-3H3. The molecule has 1 aliphatic heterocycles. The number of hydrogen-bond donors (Lipinski definition) is 2. The second kappa shape index (κ2) is 5.28. The Morgan fingerprint density at radius 1 is 1.47 bits per heavy atom. The van der Waals surface area contributed by atoms with Gasteiger partial charge in [-0.15, -0.1) is 0 Å². The van der Waals surface area contributed by atoms with Gasteiger partial charge < -0.3 is 10.8 Å². The Morgan fingerprint density at radius 3 is 2.60 bits per heavy atom. The summed E-state index contributed by atoms with van der Waals surface area (Å²) in [7, 11) is 0. The van der Waals surface area contributed by atoms with Crippen molar-refractivity contribution in [2.24, 2.45) is 11.7 Å². The molecule has 2 atom stereocenters. The Labute approximate surface area is 93.6 Å². The first-order chi connectivity index (χ1) is 6.96. The van der Waals surface area contributed by atoms with Gasteiger partial charge in [-0.25, -0.2) is 0 Å². The Hall–Kier alpha value is -0.120. The van der Waals surface area contributed by atoms with Crippen molar-refractivity contribution in [3.8, 4) is 0 Å². The predicted octanol–water partition coefficient (Wildman–Crippen LogP) is 1.21. The average molecular weight is 214 g/mol. The van der Waals surface area contributed by atoms with Crippen LogP contribution < -0.4 is 5.73 Å². The van der Waals surface area contributed by atoms with E-state index in [1.54, 1.807) is 0 Å². The van der Waals surface area contributed by atoms with Crippen molar-refractivity contribution in [2.45, 2.75) is 51.7 Å². The van der Waals surface area contributed by atoms with Crippen molar-refractivity contribution < 1.29 is 5.11 Å². The zero-order valence-corrected chi connectivity index (χ0v) is 10.4. The van der Waals surface area contributed by atoms with E-state index in [9.17, 15) is 5.11 Å². The molecule has 0 aromatic heterocycles. The molecule has 15 heavy (non-hydrogen) atoms. The van der Waals surface area contributed by atoms with Crippen molar-refractivity contribution in [1.29, 1.82) is 0 Å². The summed E-state index contributed by atoms with van der Waals surface area (Å²) in [5.41, 5.74) is 5.20. The lowest BCUT2D eigenvalue weighted by molar-refractivity contribution is 0.00284. The summed E-state index contributed by atoms with van der Waals surface area (Å²) in [6.07, 6.45) is 3.71. The average Bonchev–Trinajstić information content (AvgIpc) is 2.16. The lowest BCUT2D eigenvalue weighted by Gasteiger charge is -2.41. The zero-order valence-electron chi connectivity index (χ0n) is 10.4. The van der Waals surface area contributed by atoms with Gasteiger partial charge in [0.05, 0.1) is 5.60 Å². The molecule has 0 bridgehead atoms. The van der Waals surface area contributed by atoms with Crippen molar-refractivity contribution in [3.63, 3.8) is 0 Å². The summed E-state index contributed by atoms with van der Waals surface area (Å²) in [5.74, 6) is 0.830. The van der Waals surface area contributed by atoms with Gasteiger partial charge in [-0.1, -0.05) is 13.3 Å². The van der Waals surface area contributed by atoms with E-state index >= 15 is 0 Å². The number of likely N-dealkylation sites (tertiary alicyclic amines) is 1. The summed E-state index contributed by atoms with van der Waals surface area (Å²) in [6, 6.07) is 0.468. The fourth-order valence-electron chi connectivity index (χ4n) is 2.50. The number of rotatable bonds is 4. The van der Waals surface area contributed by atoms with Gasteiger partial charge in [-0.2, -0.15) is 0 Å². The minimum Gasteiger partial charge on any atom is -0.389 e. The van der Waals surface area contributed by atoms with Crippen LogP contribution in [0.5, 0.6) is 0 Å². The number of piperidine rings is 1. The van der Waals surface area contributed by atoms with Gasteiger partial charge in [0.2, 0.25) is 0 Å². The van der Waals surface area contributed by atoms with Crippen LogP contribution in [0.25, 0.3) is 0 Å². The van der Waals surface area contributed by atoms with Crippen molar-refractivity contribution in [2.75, 3.05) is 19.6 Å². The van der Waals surface area contributed by atoms with Gasteiger partial charge in [-0.3, -0.25) is 4.90 Å². The Kier molecular flexibility index (Phi) is 4.56. The van der Waals surface area contributed by atoms with Crippen molar-refractivity contribution in [3.05, 3.63) is 0 Å². The van der Waals surface area contributed by atoms with E-state index in [2.05, 4.69) is 11.8 Å². The molecule has 1 rings (SSSR count). The Morgan fingerprint density at radius 2 is 2.13 bits per heavy atom. The molecule has 3 N–H and O–H groups in total. The number of β-amino-alcohol motifs (C(OH)–C–C–N with tert-alkyl or cyclic N) is 1. The zero-order chi connectivity index (χ0) is 11.5. The number of nitrogens with zero attached hydrogens (tertiary/aromatic N) is 1. The van der Waals surface area contributed by atoms with E-state index in [0.717, 1.165) is 19.0 Å². The molecule has 3 nitrogen and oxygen atoms in total. The molecule has 90 valence electrons. The molecule has 1 fully saturated rings. The lowest BCUT2D eigenvalue weighted by atomic mass is 9.88. The molecule has 0 saturated carbocycles. The van der Waals surface area contributed by atoms with Crippen LogP contribution >= 0.6 is 0 Å². The minimum atomic E-state index is -0.605. The quantitative estimate of drug-likeness (QED) is 0.739. The molecule has 0 aromatic rings. The normalized spacial score (nSPS) is 29.4. The first kappa shape index (κ1) is 12.9. The van der Waals surface area contributed by atoms with E-state index in [1.807, 2.05) is 13.8 Å². The minimum absolute atomic E-state index is 0.468. The fraction of sp³-hybridized carbons (Fsp3) is 1.00. The molecule has 0 amide bonds. The maximum Gasteiger partial charge on any atom is 0.0718 e. The monoisotopic (exact) mass is 214 g/mol. The highest BCUT2D eigenvalue weighted by Crippen LogP contribution is 2.25. The van der Waals surface area contributed by atoms with E-state index < -0.39 is 5.60 Å². The summed E-state index contributed by atoms with van der Waals surface area (Å²) in [4.78, 5) is 2.35. The molecule has 0 aromatic carbocycles. The Balaban J connectivity index is 2.51. The van der Waals surface area contributed by atoms with E-state index in [-0.39, 0.29) is 0 Å². The first-order valence-corrected chi connectivity index (χ1v) is 6.12. The maximum atomic E-state index is 9.82. The molecule has 0 radical (unpaired) electrons. The Bertz CT molecular complexity index is 189. The summed E-state index contributed by atoms with van der Waals surface area (Å²) in [6.45, 7) is 8.53. The van der Waals surface area contributed by atoms with Gasteiger partial charge in [0.1, 0.15) is 0 Å². The predicted molar refractivity (Wildman–Crippen MR) is 63.7 cm³/mol. The summed E-state index contributed by atoms with van der Waals surface area (Å²) in [5, 5.41) is 9.82. The van der Waals surface area contributed by atoms with Crippen LogP contribution in [-0.4, -0.2) is 41.3 Å². The molecule has 0 aliphatic carbocycles. The van der Waals surface area contributed by atoms with Gasteiger partial charge in [-0.05, 0) is 39.2 Å². The molecular weight excluding hydrogens is 188 g/mol. The molecule has 1 heterocycles. The summed E-state index contributed by atoms with van der Waals surface area (Å²) >= 11 is 0. The smallest absolute Gasteiger partial charge is 0.0718 e.